The Bertz CT molecular complexity index is 1350. The molecule has 0 spiro atoms. The van der Waals surface area contributed by atoms with Crippen LogP contribution in [0.1, 0.15) is 40.8 Å². The summed E-state index contributed by atoms with van der Waals surface area (Å²) in [6.07, 6.45) is 0. The number of aliphatic hydroxyl groups excluding tert-OH is 1. The zero-order chi connectivity index (χ0) is 22.5. The monoisotopic (exact) mass is 423 g/mol. The van der Waals surface area contributed by atoms with Crippen LogP contribution in [0.5, 0.6) is 0 Å². The first-order chi connectivity index (χ1) is 15.4. The number of aryl methyl sites for hydroxylation is 2. The van der Waals surface area contributed by atoms with E-state index in [0.717, 1.165) is 38.9 Å². The second-order valence-electron chi connectivity index (χ2n) is 8.61. The lowest BCUT2D eigenvalue weighted by Crippen LogP contribution is -2.25. The van der Waals surface area contributed by atoms with Crippen LogP contribution in [0.4, 0.5) is 0 Å². The van der Waals surface area contributed by atoms with Gasteiger partial charge in [0.05, 0.1) is 11.5 Å². The largest absolute Gasteiger partial charge is 0.507 e. The number of aliphatic hydroxyl groups is 1. The molecular formula is C28H25NO3. The lowest BCUT2D eigenvalue weighted by Gasteiger charge is -2.23. The van der Waals surface area contributed by atoms with Crippen molar-refractivity contribution in [3.63, 3.8) is 0 Å². The normalized spacial score (nSPS) is 19.4. The van der Waals surface area contributed by atoms with Gasteiger partial charge in [0, 0.05) is 22.2 Å². The zero-order valence-electron chi connectivity index (χ0n) is 18.3. The minimum Gasteiger partial charge on any atom is -0.507 e. The first kappa shape index (κ1) is 20.1. The van der Waals surface area contributed by atoms with Crippen LogP contribution in [0.25, 0.3) is 10.9 Å². The van der Waals surface area contributed by atoms with E-state index in [1.807, 2.05) is 67.6 Å². The molecule has 3 aromatic carbocycles. The number of hydrogen-bond acceptors (Lipinski definition) is 3. The molecule has 0 saturated carbocycles. The number of fused-ring (bicyclic) bond motifs is 1. The van der Waals surface area contributed by atoms with E-state index >= 15 is 0 Å². The molecular weight excluding hydrogens is 398 g/mol. The standard InChI is InChI=1S/C28H25NO3/c1-17-14-15-21-18(2)25(29-22(21)16-17)23(19-10-6-4-7-11-19)24-26(30)28(3,32-27(24)31)20-12-8-5-9-13-20/h4-16,23,29-30H,1-3H3/t23?,28-/m1/s1. The molecule has 5 rings (SSSR count). The summed E-state index contributed by atoms with van der Waals surface area (Å²) >= 11 is 0. The van der Waals surface area contributed by atoms with Crippen molar-refractivity contribution in [2.45, 2.75) is 32.3 Å². The van der Waals surface area contributed by atoms with E-state index in [4.69, 9.17) is 4.74 Å². The topological polar surface area (TPSA) is 62.3 Å². The van der Waals surface area contributed by atoms with Crippen LogP contribution in [0.2, 0.25) is 0 Å². The van der Waals surface area contributed by atoms with Gasteiger partial charge in [0.15, 0.2) is 11.4 Å². The summed E-state index contributed by atoms with van der Waals surface area (Å²) in [6, 6.07) is 25.4. The van der Waals surface area contributed by atoms with E-state index in [2.05, 4.69) is 30.1 Å². The summed E-state index contributed by atoms with van der Waals surface area (Å²) in [4.78, 5) is 16.8. The second-order valence-corrected chi connectivity index (χ2v) is 8.61. The predicted octanol–water partition coefficient (Wildman–Crippen LogP) is 6.20. The van der Waals surface area contributed by atoms with Crippen molar-refractivity contribution in [2.24, 2.45) is 0 Å². The first-order valence-electron chi connectivity index (χ1n) is 10.8. The van der Waals surface area contributed by atoms with E-state index in [1.165, 1.54) is 0 Å². The summed E-state index contributed by atoms with van der Waals surface area (Å²) in [5.74, 6) is -1.03. The molecule has 0 bridgehead atoms. The third-order valence-corrected chi connectivity index (χ3v) is 6.51. The number of rotatable bonds is 4. The van der Waals surface area contributed by atoms with Crippen molar-refractivity contribution >= 4 is 16.9 Å². The molecule has 2 heterocycles. The molecule has 2 atom stereocenters. The number of H-pyrrole nitrogens is 1. The quantitative estimate of drug-likeness (QED) is 0.384. The van der Waals surface area contributed by atoms with Crippen molar-refractivity contribution in [3.05, 3.63) is 118 Å². The fourth-order valence-corrected chi connectivity index (χ4v) is 4.73. The maximum atomic E-state index is 13.3. The van der Waals surface area contributed by atoms with Crippen molar-refractivity contribution in [3.8, 4) is 0 Å². The second kappa shape index (κ2) is 7.41. The SMILES string of the molecule is Cc1ccc2c(C)c(C(C3=C(O)[C@@](C)(c4ccccc4)OC3=O)c3ccccc3)[nH]c2c1. The molecule has 2 N–H and O–H groups in total. The third kappa shape index (κ3) is 3.02. The summed E-state index contributed by atoms with van der Waals surface area (Å²) in [7, 11) is 0. The Balaban J connectivity index is 1.76. The Morgan fingerprint density at radius 3 is 2.28 bits per heavy atom. The van der Waals surface area contributed by atoms with Gasteiger partial charge in [0.2, 0.25) is 0 Å². The number of cyclic esters (lactones) is 1. The molecule has 1 aliphatic heterocycles. The van der Waals surface area contributed by atoms with Crippen LogP contribution in [0.3, 0.4) is 0 Å². The number of aromatic nitrogens is 1. The molecule has 4 aromatic rings. The van der Waals surface area contributed by atoms with Gasteiger partial charge in [-0.1, -0.05) is 72.8 Å². The zero-order valence-corrected chi connectivity index (χ0v) is 18.3. The third-order valence-electron chi connectivity index (χ3n) is 6.51. The molecule has 1 unspecified atom stereocenters. The van der Waals surface area contributed by atoms with Gasteiger partial charge in [-0.25, -0.2) is 4.79 Å². The maximum Gasteiger partial charge on any atom is 0.339 e. The summed E-state index contributed by atoms with van der Waals surface area (Å²) in [5.41, 5.74) is 4.79. The number of carbonyl (C=O) groups is 1. The number of esters is 1. The molecule has 32 heavy (non-hydrogen) atoms. The highest BCUT2D eigenvalue weighted by molar-refractivity contribution is 5.96. The number of nitrogens with one attached hydrogen (secondary N) is 1. The fraction of sp³-hybridized carbons (Fsp3) is 0.179. The molecule has 160 valence electrons. The number of ether oxygens (including phenoxy) is 1. The van der Waals surface area contributed by atoms with Gasteiger partial charge in [0.25, 0.3) is 0 Å². The van der Waals surface area contributed by atoms with E-state index in [1.54, 1.807) is 6.92 Å². The maximum absolute atomic E-state index is 13.3. The Hall–Kier alpha value is -3.79. The molecule has 0 saturated heterocycles. The molecule has 4 nitrogen and oxygen atoms in total. The van der Waals surface area contributed by atoms with Crippen molar-refractivity contribution < 1.29 is 14.6 Å². The highest BCUT2D eigenvalue weighted by atomic mass is 16.6. The van der Waals surface area contributed by atoms with Crippen molar-refractivity contribution in [1.29, 1.82) is 0 Å². The fourth-order valence-electron chi connectivity index (χ4n) is 4.73. The van der Waals surface area contributed by atoms with Gasteiger partial charge < -0.3 is 14.8 Å². The lowest BCUT2D eigenvalue weighted by molar-refractivity contribution is -0.147. The van der Waals surface area contributed by atoms with E-state index < -0.39 is 17.5 Å². The van der Waals surface area contributed by atoms with Crippen LogP contribution in [-0.2, 0) is 15.1 Å². The molecule has 1 aliphatic rings. The minimum atomic E-state index is -1.22. The number of hydrogen-bond donors (Lipinski definition) is 2. The van der Waals surface area contributed by atoms with Gasteiger partial charge in [0.1, 0.15) is 0 Å². The van der Waals surface area contributed by atoms with Crippen LogP contribution in [0.15, 0.2) is 90.2 Å². The summed E-state index contributed by atoms with van der Waals surface area (Å²) in [5, 5.41) is 12.6. The number of benzene rings is 3. The van der Waals surface area contributed by atoms with Crippen LogP contribution < -0.4 is 0 Å². The number of aromatic amines is 1. The average molecular weight is 424 g/mol. The Kier molecular flexibility index (Phi) is 4.66. The summed E-state index contributed by atoms with van der Waals surface area (Å²) < 4.78 is 5.84. The molecule has 4 heteroatoms. The highest BCUT2D eigenvalue weighted by Crippen LogP contribution is 2.47. The first-order valence-corrected chi connectivity index (χ1v) is 10.8. The molecule has 0 radical (unpaired) electrons. The van der Waals surface area contributed by atoms with Gasteiger partial charge in [-0.2, -0.15) is 0 Å². The summed E-state index contributed by atoms with van der Waals surface area (Å²) in [6.45, 7) is 5.84. The van der Waals surface area contributed by atoms with Gasteiger partial charge in [-0.15, -0.1) is 0 Å². The van der Waals surface area contributed by atoms with Gasteiger partial charge >= 0.3 is 5.97 Å². The van der Waals surface area contributed by atoms with Gasteiger partial charge in [-0.3, -0.25) is 0 Å². The molecule has 0 aliphatic carbocycles. The Labute approximate surface area is 187 Å². The van der Waals surface area contributed by atoms with E-state index in [-0.39, 0.29) is 11.3 Å². The average Bonchev–Trinajstić information content (AvgIpc) is 3.24. The highest BCUT2D eigenvalue weighted by Gasteiger charge is 2.49. The van der Waals surface area contributed by atoms with Crippen LogP contribution >= 0.6 is 0 Å². The smallest absolute Gasteiger partial charge is 0.339 e. The minimum absolute atomic E-state index is 0.0446. The number of carbonyl (C=O) groups excluding carboxylic acids is 1. The Morgan fingerprint density at radius 1 is 0.938 bits per heavy atom. The van der Waals surface area contributed by atoms with Crippen LogP contribution in [-0.4, -0.2) is 16.1 Å². The Morgan fingerprint density at radius 2 is 1.59 bits per heavy atom. The molecule has 0 amide bonds. The van der Waals surface area contributed by atoms with E-state index in [9.17, 15) is 9.90 Å². The molecule has 1 aromatic heterocycles. The molecule has 0 fully saturated rings. The van der Waals surface area contributed by atoms with Crippen molar-refractivity contribution in [2.75, 3.05) is 0 Å². The van der Waals surface area contributed by atoms with Gasteiger partial charge in [-0.05, 0) is 43.5 Å². The van der Waals surface area contributed by atoms with Crippen molar-refractivity contribution in [1.82, 2.24) is 4.98 Å². The lowest BCUT2D eigenvalue weighted by atomic mass is 9.83. The van der Waals surface area contributed by atoms with Crippen LogP contribution in [0, 0.1) is 13.8 Å². The predicted molar refractivity (Wildman–Crippen MR) is 126 cm³/mol. The van der Waals surface area contributed by atoms with E-state index in [0.29, 0.717) is 0 Å².